The maximum atomic E-state index is 4.41. The van der Waals surface area contributed by atoms with Crippen LogP contribution >= 0.6 is 0 Å². The van der Waals surface area contributed by atoms with Gasteiger partial charge in [0.25, 0.3) is 0 Å². The molecular formula is C17H24N4. The second kappa shape index (κ2) is 7.62. The second-order valence-electron chi connectivity index (χ2n) is 5.54. The lowest BCUT2D eigenvalue weighted by molar-refractivity contribution is 0.686. The van der Waals surface area contributed by atoms with Crippen LogP contribution < -0.4 is 10.2 Å². The van der Waals surface area contributed by atoms with Crippen molar-refractivity contribution in [3.05, 3.63) is 48.3 Å². The molecule has 0 atom stereocenters. The van der Waals surface area contributed by atoms with Gasteiger partial charge in [0.1, 0.15) is 18.0 Å². The van der Waals surface area contributed by atoms with E-state index >= 15 is 0 Å². The van der Waals surface area contributed by atoms with E-state index in [0.717, 1.165) is 31.3 Å². The van der Waals surface area contributed by atoms with Crippen LogP contribution in [0.4, 0.5) is 11.6 Å². The molecule has 0 bridgehead atoms. The highest BCUT2D eigenvalue weighted by atomic mass is 15.2. The quantitative estimate of drug-likeness (QED) is 0.844. The molecule has 1 N–H and O–H groups in total. The van der Waals surface area contributed by atoms with Crippen LogP contribution in [0.15, 0.2) is 42.7 Å². The van der Waals surface area contributed by atoms with Gasteiger partial charge in [-0.05, 0) is 18.4 Å². The Morgan fingerprint density at radius 1 is 1.14 bits per heavy atom. The number of rotatable bonds is 7. The lowest BCUT2D eigenvalue weighted by Gasteiger charge is -2.22. The van der Waals surface area contributed by atoms with Crippen molar-refractivity contribution in [3.63, 3.8) is 0 Å². The Labute approximate surface area is 127 Å². The SMILES string of the molecule is CCN(Cc1ccccc1)c1cc(NCC(C)C)ncn1. The first-order valence-corrected chi connectivity index (χ1v) is 7.53. The molecule has 0 aliphatic carbocycles. The third kappa shape index (κ3) is 4.74. The molecule has 0 spiro atoms. The van der Waals surface area contributed by atoms with Gasteiger partial charge < -0.3 is 10.2 Å². The molecule has 0 radical (unpaired) electrons. The van der Waals surface area contributed by atoms with E-state index in [0.29, 0.717) is 5.92 Å². The molecular weight excluding hydrogens is 260 g/mol. The highest BCUT2D eigenvalue weighted by molar-refractivity contribution is 5.48. The molecule has 1 heterocycles. The largest absolute Gasteiger partial charge is 0.370 e. The number of anilines is 2. The fourth-order valence-corrected chi connectivity index (χ4v) is 2.08. The molecule has 0 saturated heterocycles. The van der Waals surface area contributed by atoms with Gasteiger partial charge in [0.2, 0.25) is 0 Å². The summed E-state index contributed by atoms with van der Waals surface area (Å²) >= 11 is 0. The van der Waals surface area contributed by atoms with E-state index < -0.39 is 0 Å². The molecule has 2 aromatic rings. The second-order valence-corrected chi connectivity index (χ2v) is 5.54. The predicted molar refractivity (Wildman–Crippen MR) is 88.5 cm³/mol. The fourth-order valence-electron chi connectivity index (χ4n) is 2.08. The van der Waals surface area contributed by atoms with Gasteiger partial charge in [0.15, 0.2) is 0 Å². The zero-order chi connectivity index (χ0) is 15.1. The number of benzene rings is 1. The van der Waals surface area contributed by atoms with Crippen LogP contribution in [0.5, 0.6) is 0 Å². The lowest BCUT2D eigenvalue weighted by atomic mass is 10.2. The smallest absolute Gasteiger partial charge is 0.134 e. The first kappa shape index (κ1) is 15.3. The number of hydrogen-bond acceptors (Lipinski definition) is 4. The van der Waals surface area contributed by atoms with E-state index in [9.17, 15) is 0 Å². The molecule has 0 fully saturated rings. The molecule has 0 aliphatic rings. The van der Waals surface area contributed by atoms with E-state index in [1.165, 1.54) is 5.56 Å². The summed E-state index contributed by atoms with van der Waals surface area (Å²) in [7, 11) is 0. The Morgan fingerprint density at radius 2 is 1.90 bits per heavy atom. The van der Waals surface area contributed by atoms with Gasteiger partial charge in [-0.2, -0.15) is 0 Å². The van der Waals surface area contributed by atoms with Crippen LogP contribution in [0.3, 0.4) is 0 Å². The molecule has 2 rings (SSSR count). The Morgan fingerprint density at radius 3 is 2.57 bits per heavy atom. The van der Waals surface area contributed by atoms with Crippen LogP contribution in [0.2, 0.25) is 0 Å². The van der Waals surface area contributed by atoms with Crippen LogP contribution in [0, 0.1) is 5.92 Å². The van der Waals surface area contributed by atoms with Crippen LogP contribution in [-0.2, 0) is 6.54 Å². The number of aromatic nitrogens is 2. The molecule has 0 amide bonds. The van der Waals surface area contributed by atoms with E-state index in [-0.39, 0.29) is 0 Å². The van der Waals surface area contributed by atoms with Gasteiger partial charge in [-0.3, -0.25) is 0 Å². The van der Waals surface area contributed by atoms with Crippen LogP contribution in [-0.4, -0.2) is 23.1 Å². The van der Waals surface area contributed by atoms with E-state index in [2.05, 4.69) is 65.2 Å². The topological polar surface area (TPSA) is 41.0 Å². The van der Waals surface area contributed by atoms with Gasteiger partial charge in [-0.1, -0.05) is 44.2 Å². The van der Waals surface area contributed by atoms with Crippen molar-refractivity contribution >= 4 is 11.6 Å². The molecule has 112 valence electrons. The van der Waals surface area contributed by atoms with Crippen molar-refractivity contribution in [2.75, 3.05) is 23.3 Å². The van der Waals surface area contributed by atoms with Crippen molar-refractivity contribution in [2.24, 2.45) is 5.92 Å². The van der Waals surface area contributed by atoms with Gasteiger partial charge >= 0.3 is 0 Å². The third-order valence-electron chi connectivity index (χ3n) is 3.27. The fraction of sp³-hybridized carbons (Fsp3) is 0.412. The molecule has 1 aromatic carbocycles. The number of nitrogens with one attached hydrogen (secondary N) is 1. The summed E-state index contributed by atoms with van der Waals surface area (Å²) < 4.78 is 0. The first-order chi connectivity index (χ1) is 10.2. The van der Waals surface area contributed by atoms with Crippen molar-refractivity contribution in [1.82, 2.24) is 9.97 Å². The average molecular weight is 284 g/mol. The maximum Gasteiger partial charge on any atom is 0.134 e. The van der Waals surface area contributed by atoms with Gasteiger partial charge in [0.05, 0.1) is 0 Å². The molecule has 4 nitrogen and oxygen atoms in total. The summed E-state index contributed by atoms with van der Waals surface area (Å²) in [6, 6.07) is 12.5. The molecule has 1 aromatic heterocycles. The number of nitrogens with zero attached hydrogens (tertiary/aromatic N) is 3. The summed E-state index contributed by atoms with van der Waals surface area (Å²) in [5.41, 5.74) is 1.29. The zero-order valence-corrected chi connectivity index (χ0v) is 13.1. The Kier molecular flexibility index (Phi) is 5.55. The lowest BCUT2D eigenvalue weighted by Crippen LogP contribution is -2.23. The standard InChI is InChI=1S/C17H24N4/c1-4-21(12-15-8-6-5-7-9-15)17-10-16(19-13-20-17)18-11-14(2)3/h5-10,13-14H,4,11-12H2,1-3H3,(H,18,19,20). The predicted octanol–water partition coefficient (Wildman–Crippen LogP) is 3.57. The van der Waals surface area contributed by atoms with Crippen molar-refractivity contribution in [2.45, 2.75) is 27.3 Å². The minimum atomic E-state index is 0.593. The summed E-state index contributed by atoms with van der Waals surface area (Å²) in [5, 5.41) is 3.35. The molecule has 21 heavy (non-hydrogen) atoms. The Bertz CT molecular complexity index is 539. The Balaban J connectivity index is 2.09. The van der Waals surface area contributed by atoms with E-state index in [1.54, 1.807) is 6.33 Å². The minimum Gasteiger partial charge on any atom is -0.370 e. The van der Waals surface area contributed by atoms with E-state index in [4.69, 9.17) is 0 Å². The highest BCUT2D eigenvalue weighted by Gasteiger charge is 2.08. The van der Waals surface area contributed by atoms with Crippen LogP contribution in [0.25, 0.3) is 0 Å². The highest BCUT2D eigenvalue weighted by Crippen LogP contribution is 2.17. The molecule has 0 aliphatic heterocycles. The first-order valence-electron chi connectivity index (χ1n) is 7.53. The molecule has 0 unspecified atom stereocenters. The van der Waals surface area contributed by atoms with Gasteiger partial charge in [-0.25, -0.2) is 9.97 Å². The zero-order valence-electron chi connectivity index (χ0n) is 13.1. The summed E-state index contributed by atoms with van der Waals surface area (Å²) in [6.07, 6.45) is 1.63. The summed E-state index contributed by atoms with van der Waals surface area (Å²) in [4.78, 5) is 10.9. The third-order valence-corrected chi connectivity index (χ3v) is 3.27. The van der Waals surface area contributed by atoms with Crippen molar-refractivity contribution in [1.29, 1.82) is 0 Å². The van der Waals surface area contributed by atoms with Gasteiger partial charge in [0, 0.05) is 25.7 Å². The van der Waals surface area contributed by atoms with E-state index in [1.807, 2.05) is 12.1 Å². The number of hydrogen-bond donors (Lipinski definition) is 1. The van der Waals surface area contributed by atoms with Crippen LogP contribution in [0.1, 0.15) is 26.3 Å². The monoisotopic (exact) mass is 284 g/mol. The molecule has 0 saturated carbocycles. The van der Waals surface area contributed by atoms with Crippen molar-refractivity contribution < 1.29 is 0 Å². The Hall–Kier alpha value is -2.10. The van der Waals surface area contributed by atoms with Crippen molar-refractivity contribution in [3.8, 4) is 0 Å². The maximum absolute atomic E-state index is 4.41. The minimum absolute atomic E-state index is 0.593. The average Bonchev–Trinajstić information content (AvgIpc) is 2.52. The molecule has 4 heteroatoms. The normalized spacial score (nSPS) is 10.7. The summed E-state index contributed by atoms with van der Waals surface area (Å²) in [6.45, 7) is 9.20. The van der Waals surface area contributed by atoms with Gasteiger partial charge in [-0.15, -0.1) is 0 Å². The summed E-state index contributed by atoms with van der Waals surface area (Å²) in [5.74, 6) is 2.44.